The predicted octanol–water partition coefficient (Wildman–Crippen LogP) is 22.8. The molecule has 0 aromatic heterocycles. The Labute approximate surface area is 607 Å². The van der Waals surface area contributed by atoms with Crippen molar-refractivity contribution in [1.82, 2.24) is 0 Å². The lowest BCUT2D eigenvalue weighted by molar-refractivity contribution is -0.161. The number of rotatable bonds is 74. The first-order valence-corrected chi connectivity index (χ1v) is 42.5. The number of allylic oxidation sites excluding steroid dienone is 15. The van der Waals surface area contributed by atoms with Crippen LogP contribution in [0.2, 0.25) is 0 Å². The number of aliphatic hydroxyl groups excluding tert-OH is 1. The van der Waals surface area contributed by atoms with Crippen molar-refractivity contribution < 1.29 is 80.2 Å². The molecule has 578 valence electrons. The van der Waals surface area contributed by atoms with Crippen LogP contribution in [0.25, 0.3) is 0 Å². The second-order valence-electron chi connectivity index (χ2n) is 26.3. The van der Waals surface area contributed by atoms with Gasteiger partial charge in [-0.25, -0.2) is 9.13 Å². The average molecular weight is 1450 g/mol. The van der Waals surface area contributed by atoms with Crippen molar-refractivity contribution in [3.05, 3.63) is 97.2 Å². The number of hydrogen-bond donors (Lipinski definition) is 3. The lowest BCUT2D eigenvalue weighted by atomic mass is 10.0. The van der Waals surface area contributed by atoms with Crippen molar-refractivity contribution in [2.75, 3.05) is 39.6 Å². The Hall–Kier alpha value is -4.02. The van der Waals surface area contributed by atoms with Crippen LogP contribution in [-0.4, -0.2) is 96.7 Å². The molecule has 0 aromatic rings. The summed E-state index contributed by atoms with van der Waals surface area (Å²) in [4.78, 5) is 72.9. The lowest BCUT2D eigenvalue weighted by Crippen LogP contribution is -2.30. The van der Waals surface area contributed by atoms with Gasteiger partial charge >= 0.3 is 39.5 Å². The summed E-state index contributed by atoms with van der Waals surface area (Å²) in [5.74, 6) is -2.32. The lowest BCUT2D eigenvalue weighted by Gasteiger charge is -2.21. The van der Waals surface area contributed by atoms with Gasteiger partial charge < -0.3 is 33.8 Å². The van der Waals surface area contributed by atoms with Crippen molar-refractivity contribution in [2.45, 2.75) is 354 Å². The van der Waals surface area contributed by atoms with Crippen LogP contribution in [0.1, 0.15) is 336 Å². The summed E-state index contributed by atoms with van der Waals surface area (Å²) < 4.78 is 68.5. The standard InChI is InChI=1S/C81H142O17P2/c1-5-9-13-17-21-25-29-33-37-41-45-49-53-57-61-65-78(83)91-71-76(97-80(85)67-63-59-55-51-47-43-39-35-31-27-23-19-15-11-7-3)73-95-99(87,88)93-69-75(82)70-94-100(89,90)96-74-77(98-81(86)68-64-60-56-52-48-44-40-36-32-28-24-20-16-12-8-4)72-92-79(84)66-62-58-54-50-46-42-38-34-30-26-22-18-14-10-6-2/h9-10,13-14,21-22,25-26,33-34,37-38,45,49,57,61,75-77,82H,5-8,11-12,15-20,23-24,27-32,35-36,39-44,46-48,50-56,58-60,62-74H2,1-4H3,(H,87,88)(H,89,90)/b13-9-,14-10-,25-21-,26-22-,37-33-,38-34-,49-45-,61-57-. The molecule has 0 aliphatic heterocycles. The molecule has 0 aliphatic rings. The summed E-state index contributed by atoms with van der Waals surface area (Å²) in [5, 5.41) is 10.6. The average Bonchev–Trinajstić information content (AvgIpc) is 1.01. The number of carbonyl (C=O) groups is 4. The Morgan fingerprint density at radius 2 is 0.560 bits per heavy atom. The topological polar surface area (TPSA) is 237 Å². The number of ether oxygens (including phenoxy) is 4. The number of esters is 4. The highest BCUT2D eigenvalue weighted by Gasteiger charge is 2.30. The molecule has 0 saturated heterocycles. The second kappa shape index (κ2) is 73.3. The third-order valence-electron chi connectivity index (χ3n) is 16.6. The Morgan fingerprint density at radius 1 is 0.300 bits per heavy atom. The first-order chi connectivity index (χ1) is 48.7. The molecule has 0 amide bonds. The fourth-order valence-electron chi connectivity index (χ4n) is 10.7. The van der Waals surface area contributed by atoms with Crippen LogP contribution >= 0.6 is 15.6 Å². The van der Waals surface area contributed by atoms with E-state index < -0.39 is 97.5 Å². The Kier molecular flexibility index (Phi) is 70.4. The normalized spacial score (nSPS) is 14.4. The fourth-order valence-corrected chi connectivity index (χ4v) is 12.2. The molecular formula is C81H142O17P2. The zero-order chi connectivity index (χ0) is 73.2. The molecule has 0 heterocycles. The van der Waals surface area contributed by atoms with E-state index in [2.05, 4.69) is 101 Å². The first kappa shape index (κ1) is 96.0. The smallest absolute Gasteiger partial charge is 0.462 e. The Bertz CT molecular complexity index is 2270. The number of phosphoric acid groups is 2. The summed E-state index contributed by atoms with van der Waals surface area (Å²) in [6.07, 6.45) is 77.0. The van der Waals surface area contributed by atoms with E-state index in [4.69, 9.17) is 37.0 Å². The Balaban J connectivity index is 5.40. The van der Waals surface area contributed by atoms with E-state index in [0.717, 1.165) is 128 Å². The zero-order valence-electron chi connectivity index (χ0n) is 63.1. The Morgan fingerprint density at radius 3 is 0.890 bits per heavy atom. The molecule has 0 aliphatic carbocycles. The van der Waals surface area contributed by atoms with Crippen LogP contribution in [0, 0.1) is 0 Å². The monoisotopic (exact) mass is 1450 g/mol. The van der Waals surface area contributed by atoms with E-state index in [-0.39, 0.29) is 25.7 Å². The van der Waals surface area contributed by atoms with Gasteiger partial charge in [-0.15, -0.1) is 0 Å². The molecule has 0 spiro atoms. The highest BCUT2D eigenvalue weighted by atomic mass is 31.2. The van der Waals surface area contributed by atoms with Crippen molar-refractivity contribution in [3.63, 3.8) is 0 Å². The maximum absolute atomic E-state index is 13.1. The van der Waals surface area contributed by atoms with Gasteiger partial charge in [-0.2, -0.15) is 0 Å². The SMILES string of the molecule is CC/C=C\C/C=C\C/C=C\C/C=C\C/C=C\CC(=O)OCC(COP(=O)(O)OCC(O)COP(=O)(O)OCC(COC(=O)CCCCCCC/C=C\C/C=C\C/C=C\CC)OC(=O)CCCCCCCCCCCCCCCCC)OC(=O)CCCCCCCCCCCCCCCCC. The molecule has 0 fully saturated rings. The largest absolute Gasteiger partial charge is 0.472 e. The molecule has 0 saturated carbocycles. The minimum Gasteiger partial charge on any atom is -0.462 e. The van der Waals surface area contributed by atoms with Gasteiger partial charge in [-0.05, 0) is 83.5 Å². The van der Waals surface area contributed by atoms with Crippen molar-refractivity contribution >= 4 is 39.5 Å². The summed E-state index contributed by atoms with van der Waals surface area (Å²) in [6.45, 7) is 4.57. The molecule has 100 heavy (non-hydrogen) atoms. The molecule has 5 unspecified atom stereocenters. The zero-order valence-corrected chi connectivity index (χ0v) is 64.9. The highest BCUT2D eigenvalue weighted by molar-refractivity contribution is 7.47. The molecule has 17 nitrogen and oxygen atoms in total. The molecule has 3 N–H and O–H groups in total. The third kappa shape index (κ3) is 72.3. The quantitative estimate of drug-likeness (QED) is 0.0169. The minimum absolute atomic E-state index is 0.0683. The van der Waals surface area contributed by atoms with E-state index >= 15 is 0 Å². The van der Waals surface area contributed by atoms with E-state index in [1.807, 2.05) is 18.2 Å². The van der Waals surface area contributed by atoms with Gasteiger partial charge in [0.05, 0.1) is 32.8 Å². The van der Waals surface area contributed by atoms with E-state index in [0.29, 0.717) is 25.7 Å². The number of hydrogen-bond acceptors (Lipinski definition) is 15. The van der Waals surface area contributed by atoms with E-state index in [9.17, 15) is 43.2 Å². The molecule has 0 aromatic carbocycles. The molecule has 5 atom stereocenters. The van der Waals surface area contributed by atoms with Crippen LogP contribution in [0.5, 0.6) is 0 Å². The number of phosphoric ester groups is 2. The van der Waals surface area contributed by atoms with Gasteiger partial charge in [-0.3, -0.25) is 37.3 Å². The minimum atomic E-state index is -4.99. The van der Waals surface area contributed by atoms with Crippen molar-refractivity contribution in [3.8, 4) is 0 Å². The van der Waals surface area contributed by atoms with Gasteiger partial charge in [0, 0.05) is 19.3 Å². The van der Waals surface area contributed by atoms with Crippen LogP contribution < -0.4 is 0 Å². The second-order valence-corrected chi connectivity index (χ2v) is 29.2. The van der Waals surface area contributed by atoms with Crippen molar-refractivity contribution in [2.24, 2.45) is 0 Å². The molecule has 0 radical (unpaired) electrons. The predicted molar refractivity (Wildman–Crippen MR) is 409 cm³/mol. The summed E-state index contributed by atoms with van der Waals surface area (Å²) >= 11 is 0. The highest BCUT2D eigenvalue weighted by Crippen LogP contribution is 2.45. The number of unbranched alkanes of at least 4 members (excludes halogenated alkanes) is 33. The number of carbonyl (C=O) groups excluding carboxylic acids is 4. The summed E-state index contributed by atoms with van der Waals surface area (Å²) in [6, 6.07) is 0. The van der Waals surface area contributed by atoms with Gasteiger partial charge in [-0.1, -0.05) is 324 Å². The fraction of sp³-hybridized carbons (Fsp3) is 0.753. The van der Waals surface area contributed by atoms with Gasteiger partial charge in [0.25, 0.3) is 0 Å². The van der Waals surface area contributed by atoms with E-state index in [1.165, 1.54) is 128 Å². The van der Waals surface area contributed by atoms with Gasteiger partial charge in [0.1, 0.15) is 19.3 Å². The maximum atomic E-state index is 13.1. The molecule has 0 bridgehead atoms. The van der Waals surface area contributed by atoms with Crippen molar-refractivity contribution in [1.29, 1.82) is 0 Å². The summed E-state index contributed by atoms with van der Waals surface area (Å²) in [7, 11) is -9.97. The molecule has 19 heteroatoms. The first-order valence-electron chi connectivity index (χ1n) is 39.5. The van der Waals surface area contributed by atoms with Crippen LogP contribution in [0.4, 0.5) is 0 Å². The van der Waals surface area contributed by atoms with Crippen LogP contribution in [0.3, 0.4) is 0 Å². The van der Waals surface area contributed by atoms with Crippen LogP contribution in [0.15, 0.2) is 97.2 Å². The summed E-state index contributed by atoms with van der Waals surface area (Å²) in [5.41, 5.74) is 0. The van der Waals surface area contributed by atoms with Gasteiger partial charge in [0.2, 0.25) is 0 Å². The number of aliphatic hydroxyl groups is 1. The molecular weight excluding hydrogens is 1310 g/mol. The van der Waals surface area contributed by atoms with Gasteiger partial charge in [0.15, 0.2) is 12.2 Å². The molecule has 0 rings (SSSR count). The third-order valence-corrected chi connectivity index (χ3v) is 18.5. The van der Waals surface area contributed by atoms with Crippen LogP contribution in [-0.2, 0) is 65.4 Å². The maximum Gasteiger partial charge on any atom is 0.472 e. The van der Waals surface area contributed by atoms with E-state index in [1.54, 1.807) is 6.08 Å².